The molecule has 0 saturated heterocycles. The van der Waals surface area contributed by atoms with E-state index in [2.05, 4.69) is 5.32 Å². The maximum absolute atomic E-state index is 12.1. The minimum absolute atomic E-state index is 0.213. The highest BCUT2D eigenvalue weighted by Gasteiger charge is 2.16. The van der Waals surface area contributed by atoms with Gasteiger partial charge in [-0.25, -0.2) is 4.79 Å². The van der Waals surface area contributed by atoms with Gasteiger partial charge in [0.2, 0.25) is 0 Å². The molecule has 0 radical (unpaired) electrons. The predicted molar refractivity (Wildman–Crippen MR) is 80.9 cm³/mol. The Morgan fingerprint density at radius 1 is 1.24 bits per heavy atom. The molecule has 0 fully saturated rings. The summed E-state index contributed by atoms with van der Waals surface area (Å²) in [5.41, 5.74) is 1.62. The van der Waals surface area contributed by atoms with Crippen molar-refractivity contribution in [3.63, 3.8) is 0 Å². The van der Waals surface area contributed by atoms with Gasteiger partial charge in [-0.2, -0.15) is 0 Å². The number of nitrogens with one attached hydrogen (secondary N) is 1. The van der Waals surface area contributed by atoms with Gasteiger partial charge >= 0.3 is 12.0 Å². The van der Waals surface area contributed by atoms with Crippen molar-refractivity contribution in [3.05, 3.63) is 24.3 Å². The van der Waals surface area contributed by atoms with Crippen LogP contribution >= 0.6 is 0 Å². The fraction of sp³-hybridized carbons (Fsp3) is 0.429. The molecule has 0 aromatic heterocycles. The van der Waals surface area contributed by atoms with Crippen molar-refractivity contribution in [1.82, 2.24) is 4.90 Å². The SMILES string of the molecule is COCCN(CC(=O)O)C(=O)Nc1ccc(N(C)C)cc1. The number of hydrogen-bond acceptors (Lipinski definition) is 4. The summed E-state index contributed by atoms with van der Waals surface area (Å²) in [6.45, 7) is 0.121. The van der Waals surface area contributed by atoms with Crippen molar-refractivity contribution in [2.45, 2.75) is 0 Å². The van der Waals surface area contributed by atoms with Crippen molar-refractivity contribution in [1.29, 1.82) is 0 Å². The number of hydrogen-bond donors (Lipinski definition) is 2. The number of methoxy groups -OCH3 is 1. The van der Waals surface area contributed by atoms with Gasteiger partial charge in [0.1, 0.15) is 6.54 Å². The lowest BCUT2D eigenvalue weighted by Crippen LogP contribution is -2.40. The number of amides is 2. The fourth-order valence-electron chi connectivity index (χ4n) is 1.66. The Bertz CT molecular complexity index is 474. The number of rotatable bonds is 7. The number of urea groups is 1. The molecule has 0 bridgehead atoms. The molecule has 0 aliphatic carbocycles. The zero-order chi connectivity index (χ0) is 15.8. The lowest BCUT2D eigenvalue weighted by atomic mass is 10.2. The molecule has 116 valence electrons. The first-order chi connectivity index (χ1) is 9.93. The van der Waals surface area contributed by atoms with E-state index in [1.807, 2.05) is 31.1 Å². The van der Waals surface area contributed by atoms with Gasteiger partial charge in [-0.15, -0.1) is 0 Å². The Morgan fingerprint density at radius 3 is 2.33 bits per heavy atom. The van der Waals surface area contributed by atoms with E-state index in [0.717, 1.165) is 5.69 Å². The second-order valence-electron chi connectivity index (χ2n) is 4.68. The van der Waals surface area contributed by atoms with E-state index in [1.54, 1.807) is 12.1 Å². The highest BCUT2D eigenvalue weighted by molar-refractivity contribution is 5.91. The van der Waals surface area contributed by atoms with Crippen molar-refractivity contribution >= 4 is 23.4 Å². The molecule has 2 amide bonds. The number of carbonyl (C=O) groups excluding carboxylic acids is 1. The highest BCUT2D eigenvalue weighted by Crippen LogP contribution is 2.16. The summed E-state index contributed by atoms with van der Waals surface area (Å²) >= 11 is 0. The zero-order valence-corrected chi connectivity index (χ0v) is 12.5. The molecule has 7 nitrogen and oxygen atoms in total. The minimum Gasteiger partial charge on any atom is -0.480 e. The van der Waals surface area contributed by atoms with E-state index in [1.165, 1.54) is 12.0 Å². The molecule has 1 aromatic rings. The van der Waals surface area contributed by atoms with Crippen LogP contribution in [0.25, 0.3) is 0 Å². The molecule has 7 heteroatoms. The fourth-order valence-corrected chi connectivity index (χ4v) is 1.66. The van der Waals surface area contributed by atoms with Crippen LogP contribution in [0.15, 0.2) is 24.3 Å². The Hall–Kier alpha value is -2.28. The van der Waals surface area contributed by atoms with Gasteiger partial charge in [0.15, 0.2) is 0 Å². The monoisotopic (exact) mass is 295 g/mol. The molecule has 2 N–H and O–H groups in total. The summed E-state index contributed by atoms with van der Waals surface area (Å²) in [7, 11) is 5.34. The first-order valence-electron chi connectivity index (χ1n) is 6.48. The Labute approximate surface area is 124 Å². The number of benzene rings is 1. The number of carboxylic acid groups (broad SMARTS) is 1. The van der Waals surface area contributed by atoms with Crippen LogP contribution in [0.1, 0.15) is 0 Å². The number of aliphatic carboxylic acids is 1. The Morgan fingerprint density at radius 2 is 1.86 bits per heavy atom. The van der Waals surface area contributed by atoms with Gasteiger partial charge < -0.3 is 25.0 Å². The number of carboxylic acids is 1. The Balaban J connectivity index is 2.68. The van der Waals surface area contributed by atoms with Crippen LogP contribution in [-0.2, 0) is 9.53 Å². The summed E-state index contributed by atoms with van der Waals surface area (Å²) in [5.74, 6) is -1.07. The van der Waals surface area contributed by atoms with E-state index in [0.29, 0.717) is 5.69 Å². The molecule has 0 aliphatic heterocycles. The van der Waals surface area contributed by atoms with Crippen LogP contribution in [0.2, 0.25) is 0 Å². The molecular weight excluding hydrogens is 274 g/mol. The van der Waals surface area contributed by atoms with Gasteiger partial charge in [0.05, 0.1) is 6.61 Å². The van der Waals surface area contributed by atoms with Crippen molar-refractivity contribution in [3.8, 4) is 0 Å². The third kappa shape index (κ3) is 5.70. The van der Waals surface area contributed by atoms with Crippen LogP contribution < -0.4 is 10.2 Å². The molecule has 1 aromatic carbocycles. The molecular formula is C14H21N3O4. The summed E-state index contributed by atoms with van der Waals surface area (Å²) in [5, 5.41) is 11.5. The third-order valence-electron chi connectivity index (χ3n) is 2.81. The van der Waals surface area contributed by atoms with Crippen LogP contribution in [0.4, 0.5) is 16.2 Å². The molecule has 21 heavy (non-hydrogen) atoms. The Kier molecular flexibility index (Phi) is 6.48. The van der Waals surface area contributed by atoms with Gasteiger partial charge in [-0.3, -0.25) is 4.79 Å². The summed E-state index contributed by atoms with van der Waals surface area (Å²) in [6, 6.07) is 6.80. The summed E-state index contributed by atoms with van der Waals surface area (Å²) in [4.78, 5) is 26.0. The van der Waals surface area contributed by atoms with Crippen LogP contribution in [0.5, 0.6) is 0 Å². The zero-order valence-electron chi connectivity index (χ0n) is 12.5. The molecule has 1 rings (SSSR count). The number of nitrogens with zero attached hydrogens (tertiary/aromatic N) is 2. The topological polar surface area (TPSA) is 82.1 Å². The largest absolute Gasteiger partial charge is 0.480 e. The maximum atomic E-state index is 12.1. The van der Waals surface area contributed by atoms with Gasteiger partial charge in [0, 0.05) is 39.1 Å². The van der Waals surface area contributed by atoms with E-state index in [-0.39, 0.29) is 19.7 Å². The quantitative estimate of drug-likeness (QED) is 0.792. The summed E-state index contributed by atoms with van der Waals surface area (Å²) < 4.78 is 4.88. The molecule has 0 heterocycles. The molecule has 0 saturated carbocycles. The molecule has 0 aliphatic rings. The van der Waals surface area contributed by atoms with Gasteiger partial charge in [-0.05, 0) is 24.3 Å². The van der Waals surface area contributed by atoms with Crippen LogP contribution in [0.3, 0.4) is 0 Å². The minimum atomic E-state index is -1.07. The van der Waals surface area contributed by atoms with Crippen molar-refractivity contribution in [2.24, 2.45) is 0 Å². The second kappa shape index (κ2) is 8.11. The normalized spacial score (nSPS) is 10.0. The third-order valence-corrected chi connectivity index (χ3v) is 2.81. The highest BCUT2D eigenvalue weighted by atomic mass is 16.5. The van der Waals surface area contributed by atoms with E-state index in [9.17, 15) is 9.59 Å². The smallest absolute Gasteiger partial charge is 0.323 e. The van der Waals surface area contributed by atoms with E-state index >= 15 is 0 Å². The number of anilines is 2. The number of carbonyl (C=O) groups is 2. The number of ether oxygens (including phenoxy) is 1. The van der Waals surface area contributed by atoms with Gasteiger partial charge in [-0.1, -0.05) is 0 Å². The lowest BCUT2D eigenvalue weighted by Gasteiger charge is -2.21. The molecule has 0 spiro atoms. The van der Waals surface area contributed by atoms with Crippen LogP contribution in [0, 0.1) is 0 Å². The first kappa shape index (κ1) is 16.8. The van der Waals surface area contributed by atoms with Crippen molar-refractivity contribution < 1.29 is 19.4 Å². The average molecular weight is 295 g/mol. The lowest BCUT2D eigenvalue weighted by molar-refractivity contribution is -0.137. The predicted octanol–water partition coefficient (Wildman–Crippen LogP) is 1.32. The van der Waals surface area contributed by atoms with Crippen molar-refractivity contribution in [2.75, 3.05) is 51.1 Å². The average Bonchev–Trinajstić information content (AvgIpc) is 2.43. The van der Waals surface area contributed by atoms with E-state index in [4.69, 9.17) is 9.84 Å². The molecule has 0 atom stereocenters. The standard InChI is InChI=1S/C14H21N3O4/c1-16(2)12-6-4-11(5-7-12)15-14(20)17(8-9-21-3)10-13(18)19/h4-7H,8-10H2,1-3H3,(H,15,20)(H,18,19). The maximum Gasteiger partial charge on any atom is 0.323 e. The summed E-state index contributed by atoms with van der Waals surface area (Å²) in [6.07, 6.45) is 0. The first-order valence-corrected chi connectivity index (χ1v) is 6.48. The van der Waals surface area contributed by atoms with E-state index < -0.39 is 12.0 Å². The van der Waals surface area contributed by atoms with Gasteiger partial charge in [0.25, 0.3) is 0 Å². The second-order valence-corrected chi connectivity index (χ2v) is 4.68. The molecule has 0 unspecified atom stereocenters. The van der Waals surface area contributed by atoms with Crippen LogP contribution in [-0.4, -0.2) is 62.9 Å².